The van der Waals surface area contributed by atoms with Crippen molar-refractivity contribution in [2.45, 2.75) is 19.4 Å². The van der Waals surface area contributed by atoms with Gasteiger partial charge in [0.1, 0.15) is 0 Å². The first-order chi connectivity index (χ1) is 6.05. The van der Waals surface area contributed by atoms with E-state index in [2.05, 4.69) is 0 Å². The highest BCUT2D eigenvalue weighted by molar-refractivity contribution is 6.07. The van der Waals surface area contributed by atoms with Gasteiger partial charge in [-0.15, -0.1) is 0 Å². The van der Waals surface area contributed by atoms with Crippen LogP contribution in [-0.4, -0.2) is 18.5 Å². The Kier molecular flexibility index (Phi) is 2.83. The monoisotopic (exact) mass is 178 g/mol. The number of ketones is 1. The zero-order valence-corrected chi connectivity index (χ0v) is 8.20. The van der Waals surface area contributed by atoms with Crippen LogP contribution in [0.3, 0.4) is 0 Å². The van der Waals surface area contributed by atoms with E-state index in [0.717, 1.165) is 0 Å². The van der Waals surface area contributed by atoms with Crippen LogP contribution in [0.4, 0.5) is 0 Å². The van der Waals surface area contributed by atoms with Gasteiger partial charge in [0, 0.05) is 12.7 Å². The zero-order valence-electron chi connectivity index (χ0n) is 8.20. The van der Waals surface area contributed by atoms with Crippen LogP contribution in [0.1, 0.15) is 13.8 Å². The molecule has 0 N–H and O–H groups in total. The van der Waals surface area contributed by atoms with Gasteiger partial charge in [0.2, 0.25) is 0 Å². The van der Waals surface area contributed by atoms with Crippen molar-refractivity contribution in [3.8, 4) is 0 Å². The lowest BCUT2D eigenvalue weighted by atomic mass is 9.99. The average molecular weight is 178 g/mol. The summed E-state index contributed by atoms with van der Waals surface area (Å²) in [6.45, 7) is 3.83. The first kappa shape index (κ1) is 9.93. The van der Waals surface area contributed by atoms with E-state index in [9.17, 15) is 4.79 Å². The van der Waals surface area contributed by atoms with Gasteiger partial charge in [0.15, 0.2) is 5.78 Å². The number of carbonyl (C=O) groups excluding carboxylic acids is 1. The third kappa shape index (κ3) is 2.67. The summed E-state index contributed by atoms with van der Waals surface area (Å²) < 4.78 is 5.20. The Morgan fingerprint density at radius 2 is 1.92 bits per heavy atom. The van der Waals surface area contributed by atoms with Gasteiger partial charge in [-0.05, 0) is 26.0 Å². The van der Waals surface area contributed by atoms with E-state index in [1.807, 2.05) is 26.0 Å². The summed E-state index contributed by atoms with van der Waals surface area (Å²) in [5, 5.41) is 0. The van der Waals surface area contributed by atoms with Crippen molar-refractivity contribution in [1.82, 2.24) is 0 Å². The molecule has 0 heterocycles. The second kappa shape index (κ2) is 3.71. The second-order valence-electron chi connectivity index (χ2n) is 3.49. The molecule has 1 aliphatic rings. The first-order valence-electron chi connectivity index (χ1n) is 4.22. The van der Waals surface area contributed by atoms with Crippen molar-refractivity contribution in [2.75, 3.05) is 7.11 Å². The first-order valence-corrected chi connectivity index (χ1v) is 4.22. The fourth-order valence-electron chi connectivity index (χ4n) is 1.03. The highest BCUT2D eigenvalue weighted by atomic mass is 16.5. The molecule has 0 bridgehead atoms. The summed E-state index contributed by atoms with van der Waals surface area (Å²) in [7, 11) is 1.63. The maximum Gasteiger partial charge on any atom is 0.185 e. The molecule has 0 radical (unpaired) electrons. The maximum atomic E-state index is 11.3. The topological polar surface area (TPSA) is 26.3 Å². The molecule has 2 heteroatoms. The van der Waals surface area contributed by atoms with Crippen LogP contribution in [0.5, 0.6) is 0 Å². The van der Waals surface area contributed by atoms with Crippen LogP contribution in [0.15, 0.2) is 36.0 Å². The summed E-state index contributed by atoms with van der Waals surface area (Å²) in [6, 6.07) is 0. The molecule has 1 rings (SSSR count). The van der Waals surface area contributed by atoms with Crippen LogP contribution in [-0.2, 0) is 9.53 Å². The molecule has 0 unspecified atom stereocenters. The van der Waals surface area contributed by atoms with E-state index in [1.54, 1.807) is 25.3 Å². The summed E-state index contributed by atoms with van der Waals surface area (Å²) >= 11 is 0. The second-order valence-corrected chi connectivity index (χ2v) is 3.49. The van der Waals surface area contributed by atoms with E-state index in [0.29, 0.717) is 5.57 Å². The number of hydrogen-bond acceptors (Lipinski definition) is 2. The molecule has 13 heavy (non-hydrogen) atoms. The lowest BCUT2D eigenvalue weighted by molar-refractivity contribution is -0.111. The Morgan fingerprint density at radius 3 is 2.46 bits per heavy atom. The van der Waals surface area contributed by atoms with Gasteiger partial charge in [0.25, 0.3) is 0 Å². The quantitative estimate of drug-likeness (QED) is 0.605. The van der Waals surface area contributed by atoms with Crippen molar-refractivity contribution >= 4 is 5.78 Å². The summed E-state index contributed by atoms with van der Waals surface area (Å²) in [6.07, 6.45) is 8.76. The molecule has 0 aromatic carbocycles. The third-order valence-corrected chi connectivity index (χ3v) is 1.95. The number of methoxy groups -OCH3 is 1. The lowest BCUT2D eigenvalue weighted by Gasteiger charge is -2.19. The number of rotatable bonds is 2. The van der Waals surface area contributed by atoms with E-state index in [1.165, 1.54) is 0 Å². The largest absolute Gasteiger partial charge is 0.375 e. The predicted molar refractivity (Wildman–Crippen MR) is 52.5 cm³/mol. The van der Waals surface area contributed by atoms with Crippen LogP contribution in [0.2, 0.25) is 0 Å². The van der Waals surface area contributed by atoms with Gasteiger partial charge in [0.05, 0.1) is 5.60 Å². The van der Waals surface area contributed by atoms with Crippen LogP contribution < -0.4 is 0 Å². The molecule has 0 aliphatic heterocycles. The predicted octanol–water partition coefficient (Wildman–Crippen LogP) is 2.03. The van der Waals surface area contributed by atoms with Gasteiger partial charge in [-0.3, -0.25) is 4.79 Å². The van der Waals surface area contributed by atoms with Crippen molar-refractivity contribution in [3.63, 3.8) is 0 Å². The fraction of sp³-hybridized carbons (Fsp3) is 0.364. The normalized spacial score (nSPS) is 19.9. The van der Waals surface area contributed by atoms with Crippen LogP contribution >= 0.6 is 0 Å². The Balaban J connectivity index is 2.88. The number of ether oxygens (including phenoxy) is 1. The molecule has 2 nitrogen and oxygen atoms in total. The molecular weight excluding hydrogens is 164 g/mol. The SMILES string of the molecule is COC(C)(C)/C=C1/C=CC=CC1=O. The summed E-state index contributed by atoms with van der Waals surface area (Å²) in [4.78, 5) is 11.3. The minimum absolute atomic E-state index is 0.0348. The summed E-state index contributed by atoms with van der Waals surface area (Å²) in [5.41, 5.74) is 0.301. The number of hydrogen-bond donors (Lipinski definition) is 0. The molecule has 0 atom stereocenters. The molecule has 1 aliphatic carbocycles. The fourth-order valence-corrected chi connectivity index (χ4v) is 1.03. The van der Waals surface area contributed by atoms with E-state index < -0.39 is 0 Å². The Labute approximate surface area is 78.6 Å². The average Bonchev–Trinajstić information content (AvgIpc) is 2.09. The maximum absolute atomic E-state index is 11.3. The van der Waals surface area contributed by atoms with Crippen molar-refractivity contribution < 1.29 is 9.53 Å². The van der Waals surface area contributed by atoms with E-state index in [4.69, 9.17) is 4.74 Å². The summed E-state index contributed by atoms with van der Waals surface area (Å²) in [5.74, 6) is 0.0348. The molecule has 0 aromatic rings. The van der Waals surface area contributed by atoms with E-state index >= 15 is 0 Å². The minimum atomic E-state index is -0.388. The minimum Gasteiger partial charge on any atom is -0.375 e. The molecule has 0 fully saturated rings. The van der Waals surface area contributed by atoms with Crippen LogP contribution in [0.25, 0.3) is 0 Å². The number of carbonyl (C=O) groups is 1. The Hall–Kier alpha value is -1.15. The van der Waals surface area contributed by atoms with Crippen molar-refractivity contribution in [2.24, 2.45) is 0 Å². The smallest absolute Gasteiger partial charge is 0.185 e. The van der Waals surface area contributed by atoms with Gasteiger partial charge in [-0.1, -0.05) is 18.2 Å². The van der Waals surface area contributed by atoms with Gasteiger partial charge < -0.3 is 4.74 Å². The van der Waals surface area contributed by atoms with Gasteiger partial charge >= 0.3 is 0 Å². The molecule has 0 spiro atoms. The molecule has 0 amide bonds. The highest BCUT2D eigenvalue weighted by Gasteiger charge is 2.16. The third-order valence-electron chi connectivity index (χ3n) is 1.95. The highest BCUT2D eigenvalue weighted by Crippen LogP contribution is 2.16. The Bertz CT molecular complexity index is 293. The van der Waals surface area contributed by atoms with E-state index in [-0.39, 0.29) is 11.4 Å². The number of allylic oxidation sites excluding steroid dienone is 5. The molecule has 0 saturated heterocycles. The Morgan fingerprint density at radius 1 is 1.31 bits per heavy atom. The molecule has 70 valence electrons. The molecule has 0 aromatic heterocycles. The van der Waals surface area contributed by atoms with Gasteiger partial charge in [-0.25, -0.2) is 0 Å². The van der Waals surface area contributed by atoms with Crippen molar-refractivity contribution in [3.05, 3.63) is 36.0 Å². The molecule has 0 saturated carbocycles. The van der Waals surface area contributed by atoms with Crippen molar-refractivity contribution in [1.29, 1.82) is 0 Å². The van der Waals surface area contributed by atoms with Crippen LogP contribution in [0, 0.1) is 0 Å². The zero-order chi connectivity index (χ0) is 9.90. The molecular formula is C11H14O2. The standard InChI is InChI=1S/C11H14O2/c1-11(2,13-3)8-9-6-4-5-7-10(9)12/h4-8H,1-3H3/b9-8-. The lowest BCUT2D eigenvalue weighted by Crippen LogP contribution is -2.20. The van der Waals surface area contributed by atoms with Gasteiger partial charge in [-0.2, -0.15) is 0 Å².